The van der Waals surface area contributed by atoms with Gasteiger partial charge in [0.2, 0.25) is 0 Å². The van der Waals surface area contributed by atoms with E-state index < -0.39 is 42.2 Å². The number of aromatic nitrogens is 2. The normalized spacial score (nSPS) is 41.1. The zero-order valence-electron chi connectivity index (χ0n) is 11.6. The summed E-state index contributed by atoms with van der Waals surface area (Å²) in [4.78, 5) is 24.0. The SMILES string of the molecule is C=CP1(=O)OCC2OC(n3ccc(=O)[nH]c3=O)C(C)(Cl)C2O1. The Morgan fingerprint density at radius 1 is 1.59 bits per heavy atom. The maximum absolute atomic E-state index is 12.2. The lowest BCUT2D eigenvalue weighted by atomic mass is 10.0. The number of nitrogens with zero attached hydrogens (tertiary/aromatic N) is 1. The second kappa shape index (κ2) is 5.18. The van der Waals surface area contributed by atoms with Crippen LogP contribution in [0.5, 0.6) is 0 Å². The predicted octanol–water partition coefficient (Wildman–Crippen LogP) is 1.18. The summed E-state index contributed by atoms with van der Waals surface area (Å²) in [6.45, 7) is 5.04. The van der Waals surface area contributed by atoms with Gasteiger partial charge in [-0.05, 0) is 6.92 Å². The van der Waals surface area contributed by atoms with Gasteiger partial charge in [0.15, 0.2) is 6.23 Å². The summed E-state index contributed by atoms with van der Waals surface area (Å²) >= 11 is 6.53. The Kier molecular flexibility index (Phi) is 3.70. The monoisotopic (exact) mass is 348 g/mol. The number of ether oxygens (including phenoxy) is 1. The molecular weight excluding hydrogens is 335 g/mol. The van der Waals surface area contributed by atoms with Gasteiger partial charge >= 0.3 is 13.3 Å². The molecule has 10 heteroatoms. The molecule has 1 aromatic rings. The number of nitrogens with one attached hydrogen (secondary N) is 1. The molecule has 120 valence electrons. The molecule has 0 bridgehead atoms. The largest absolute Gasteiger partial charge is 0.354 e. The summed E-state index contributed by atoms with van der Waals surface area (Å²) < 4.78 is 29.7. The van der Waals surface area contributed by atoms with Crippen molar-refractivity contribution >= 4 is 19.2 Å². The molecule has 0 aromatic carbocycles. The molecule has 2 aliphatic heterocycles. The maximum Gasteiger partial charge on any atom is 0.354 e. The molecule has 0 aliphatic carbocycles. The van der Waals surface area contributed by atoms with E-state index in [-0.39, 0.29) is 6.61 Å². The van der Waals surface area contributed by atoms with Gasteiger partial charge in [0, 0.05) is 18.1 Å². The standard InChI is InChI=1S/C12H14ClN2O6P/c1-3-22(18)19-6-7-9(21-22)12(2,13)10(20-7)15-5-4-8(16)14-11(15)17/h3-5,7,9-10H,1,6H2,2H3,(H,14,16,17). The summed E-state index contributed by atoms with van der Waals surface area (Å²) in [6.07, 6.45) is -0.963. The predicted molar refractivity (Wildman–Crippen MR) is 78.1 cm³/mol. The van der Waals surface area contributed by atoms with Crippen molar-refractivity contribution in [2.75, 3.05) is 6.61 Å². The van der Waals surface area contributed by atoms with E-state index in [1.54, 1.807) is 6.92 Å². The molecule has 5 atom stereocenters. The number of hydrogen-bond donors (Lipinski definition) is 1. The smallest absolute Gasteiger partial charge is 0.347 e. The van der Waals surface area contributed by atoms with Crippen LogP contribution in [0.4, 0.5) is 0 Å². The Labute approximate surface area is 130 Å². The molecule has 5 unspecified atom stereocenters. The first-order valence-corrected chi connectivity index (χ1v) is 8.48. The number of aromatic amines is 1. The van der Waals surface area contributed by atoms with Gasteiger partial charge < -0.3 is 9.26 Å². The molecule has 0 amide bonds. The van der Waals surface area contributed by atoms with Crippen LogP contribution in [-0.2, 0) is 18.3 Å². The summed E-state index contributed by atoms with van der Waals surface area (Å²) in [7, 11) is -3.43. The highest BCUT2D eigenvalue weighted by atomic mass is 35.5. The fourth-order valence-electron chi connectivity index (χ4n) is 2.58. The lowest BCUT2D eigenvalue weighted by Crippen LogP contribution is -2.45. The molecule has 0 radical (unpaired) electrons. The van der Waals surface area contributed by atoms with Crippen LogP contribution >= 0.6 is 19.2 Å². The van der Waals surface area contributed by atoms with Gasteiger partial charge in [-0.3, -0.25) is 23.4 Å². The van der Waals surface area contributed by atoms with Gasteiger partial charge in [-0.25, -0.2) is 4.79 Å². The molecule has 0 spiro atoms. The number of alkyl halides is 1. The van der Waals surface area contributed by atoms with Crippen molar-refractivity contribution in [1.29, 1.82) is 0 Å². The van der Waals surface area contributed by atoms with Crippen LogP contribution in [-0.4, -0.2) is 33.2 Å². The van der Waals surface area contributed by atoms with Gasteiger partial charge in [0.25, 0.3) is 5.56 Å². The van der Waals surface area contributed by atoms with Crippen molar-refractivity contribution in [3.8, 4) is 0 Å². The topological polar surface area (TPSA) is 99.6 Å². The second-order valence-electron chi connectivity index (χ2n) is 5.24. The van der Waals surface area contributed by atoms with Crippen LogP contribution in [0.25, 0.3) is 0 Å². The first kappa shape index (κ1) is 15.7. The molecule has 3 rings (SSSR count). The summed E-state index contributed by atoms with van der Waals surface area (Å²) in [5.74, 6) is 1.11. The van der Waals surface area contributed by atoms with Crippen LogP contribution < -0.4 is 11.2 Å². The molecule has 2 aliphatic rings. The van der Waals surface area contributed by atoms with Crippen LogP contribution in [0.15, 0.2) is 34.2 Å². The Bertz CT molecular complexity index is 771. The van der Waals surface area contributed by atoms with E-state index >= 15 is 0 Å². The quantitative estimate of drug-likeness (QED) is 0.636. The van der Waals surface area contributed by atoms with Crippen molar-refractivity contribution < 1.29 is 18.3 Å². The Balaban J connectivity index is 1.99. The number of halogens is 1. The molecule has 2 saturated heterocycles. The highest BCUT2D eigenvalue weighted by Gasteiger charge is 2.59. The second-order valence-corrected chi connectivity index (χ2v) is 7.97. The van der Waals surface area contributed by atoms with Crippen molar-refractivity contribution in [2.45, 2.75) is 30.2 Å². The number of hydrogen-bond acceptors (Lipinski definition) is 6. The molecule has 2 fully saturated rings. The molecule has 3 heterocycles. The zero-order chi connectivity index (χ0) is 16.1. The third kappa shape index (κ3) is 2.41. The average molecular weight is 349 g/mol. The van der Waals surface area contributed by atoms with Crippen LogP contribution in [0.3, 0.4) is 0 Å². The Morgan fingerprint density at radius 3 is 2.95 bits per heavy atom. The first-order valence-electron chi connectivity index (χ1n) is 6.49. The minimum atomic E-state index is -3.43. The van der Waals surface area contributed by atoms with Gasteiger partial charge in [-0.2, -0.15) is 0 Å². The third-order valence-corrected chi connectivity index (χ3v) is 5.57. The maximum atomic E-state index is 12.2. The van der Waals surface area contributed by atoms with Gasteiger partial charge in [0.05, 0.1) is 6.61 Å². The summed E-state index contributed by atoms with van der Waals surface area (Å²) in [6, 6.07) is 1.19. The average Bonchev–Trinajstić information content (AvgIpc) is 2.71. The molecule has 1 N–H and O–H groups in total. The molecule has 0 saturated carbocycles. The van der Waals surface area contributed by atoms with Gasteiger partial charge in [-0.1, -0.05) is 6.58 Å². The van der Waals surface area contributed by atoms with Crippen LogP contribution in [0, 0.1) is 0 Å². The van der Waals surface area contributed by atoms with Gasteiger partial charge in [0.1, 0.15) is 17.1 Å². The third-order valence-electron chi connectivity index (χ3n) is 3.69. The van der Waals surface area contributed by atoms with E-state index in [1.165, 1.54) is 12.3 Å². The van der Waals surface area contributed by atoms with E-state index in [4.69, 9.17) is 25.4 Å². The Morgan fingerprint density at radius 2 is 2.32 bits per heavy atom. The number of rotatable bonds is 2. The summed E-state index contributed by atoms with van der Waals surface area (Å²) in [5, 5.41) is 0. The zero-order valence-corrected chi connectivity index (χ0v) is 13.3. The first-order chi connectivity index (χ1) is 10.3. The lowest BCUT2D eigenvalue weighted by molar-refractivity contribution is -0.0577. The van der Waals surface area contributed by atoms with E-state index in [9.17, 15) is 14.2 Å². The molecule has 22 heavy (non-hydrogen) atoms. The van der Waals surface area contributed by atoms with Crippen molar-refractivity contribution in [1.82, 2.24) is 9.55 Å². The van der Waals surface area contributed by atoms with Gasteiger partial charge in [-0.15, -0.1) is 11.6 Å². The van der Waals surface area contributed by atoms with E-state index in [0.29, 0.717) is 0 Å². The number of fused-ring (bicyclic) bond motifs is 1. The Hall–Kier alpha value is -1.18. The summed E-state index contributed by atoms with van der Waals surface area (Å²) in [5.41, 5.74) is -1.18. The fraction of sp³-hybridized carbons (Fsp3) is 0.500. The highest BCUT2D eigenvalue weighted by Crippen LogP contribution is 2.59. The lowest BCUT2D eigenvalue weighted by Gasteiger charge is -2.34. The van der Waals surface area contributed by atoms with E-state index in [1.807, 2.05) is 0 Å². The van der Waals surface area contributed by atoms with Crippen molar-refractivity contribution in [2.24, 2.45) is 0 Å². The molecule has 8 nitrogen and oxygen atoms in total. The van der Waals surface area contributed by atoms with Crippen LogP contribution in [0.1, 0.15) is 13.2 Å². The van der Waals surface area contributed by atoms with Crippen LogP contribution in [0.2, 0.25) is 0 Å². The number of H-pyrrole nitrogens is 1. The van der Waals surface area contributed by atoms with E-state index in [0.717, 1.165) is 10.4 Å². The fourth-order valence-corrected chi connectivity index (χ4v) is 4.26. The highest BCUT2D eigenvalue weighted by molar-refractivity contribution is 7.57. The molecule has 1 aromatic heterocycles. The van der Waals surface area contributed by atoms with E-state index in [2.05, 4.69) is 11.6 Å². The van der Waals surface area contributed by atoms with Crippen molar-refractivity contribution in [3.63, 3.8) is 0 Å². The van der Waals surface area contributed by atoms with Crippen molar-refractivity contribution in [3.05, 3.63) is 45.5 Å². The molecular formula is C12H14ClN2O6P. The minimum Gasteiger partial charge on any atom is -0.347 e. The minimum absolute atomic E-state index is 0.00484.